The quantitative estimate of drug-likeness (QED) is 0.817. The van der Waals surface area contributed by atoms with Crippen molar-refractivity contribution in [3.05, 3.63) is 24.0 Å². The molecule has 1 fully saturated rings. The fraction of sp³-hybridized carbons (Fsp3) is 0.500. The maximum Gasteiger partial charge on any atom is 0.241 e. The number of nitrogens with one attached hydrogen (secondary N) is 1. The molecule has 25 heavy (non-hydrogen) atoms. The number of aryl methyl sites for hydroxylation is 1. The molecule has 3 rings (SSSR count). The molecule has 2 heterocycles. The van der Waals surface area contributed by atoms with Crippen molar-refractivity contribution in [1.82, 2.24) is 20.2 Å². The number of carbonyl (C=O) groups excluding carboxylic acids is 1. The Morgan fingerprint density at radius 1 is 1.44 bits per heavy atom. The van der Waals surface area contributed by atoms with E-state index in [2.05, 4.69) is 20.8 Å². The Morgan fingerprint density at radius 2 is 2.20 bits per heavy atom. The maximum atomic E-state index is 12.5. The van der Waals surface area contributed by atoms with E-state index in [1.165, 1.54) is 0 Å². The number of nitrogens with zero attached hydrogens (tertiary/aromatic N) is 4. The van der Waals surface area contributed by atoms with Gasteiger partial charge in [0.25, 0.3) is 0 Å². The Kier molecular flexibility index (Phi) is 5.25. The SMILES string of the molecule is COc1ccc(NC(=O)C(N)C2CCOCC2)cc1-n1nnnc1C. The number of methoxy groups -OCH3 is 1. The van der Waals surface area contributed by atoms with Crippen molar-refractivity contribution in [3.63, 3.8) is 0 Å². The van der Waals surface area contributed by atoms with Gasteiger partial charge in [-0.3, -0.25) is 4.79 Å². The van der Waals surface area contributed by atoms with Crippen molar-refractivity contribution in [2.24, 2.45) is 11.7 Å². The van der Waals surface area contributed by atoms with E-state index in [9.17, 15) is 4.79 Å². The van der Waals surface area contributed by atoms with Gasteiger partial charge in [0.2, 0.25) is 5.91 Å². The molecule has 134 valence electrons. The molecule has 1 aliphatic rings. The van der Waals surface area contributed by atoms with E-state index in [0.717, 1.165) is 12.8 Å². The van der Waals surface area contributed by atoms with Gasteiger partial charge in [-0.1, -0.05) is 0 Å². The summed E-state index contributed by atoms with van der Waals surface area (Å²) in [5.41, 5.74) is 7.37. The first kappa shape index (κ1) is 17.3. The van der Waals surface area contributed by atoms with E-state index < -0.39 is 6.04 Å². The molecule has 0 bridgehead atoms. The van der Waals surface area contributed by atoms with Crippen LogP contribution < -0.4 is 15.8 Å². The smallest absolute Gasteiger partial charge is 0.241 e. The highest BCUT2D eigenvalue weighted by Crippen LogP contribution is 2.27. The van der Waals surface area contributed by atoms with Crippen molar-refractivity contribution in [1.29, 1.82) is 0 Å². The summed E-state index contributed by atoms with van der Waals surface area (Å²) in [5.74, 6) is 1.13. The summed E-state index contributed by atoms with van der Waals surface area (Å²) in [6.07, 6.45) is 1.60. The third-order valence-corrected chi connectivity index (χ3v) is 4.38. The standard InChI is InChI=1S/C16H22N6O3/c1-10-19-20-21-22(10)13-9-12(3-4-14(13)24-2)18-16(23)15(17)11-5-7-25-8-6-11/h3-4,9,11,15H,5-8,17H2,1-2H3,(H,18,23). The average molecular weight is 346 g/mol. The van der Waals surface area contributed by atoms with Crippen LogP contribution in [0.2, 0.25) is 0 Å². The van der Waals surface area contributed by atoms with E-state index >= 15 is 0 Å². The van der Waals surface area contributed by atoms with Crippen molar-refractivity contribution < 1.29 is 14.3 Å². The number of ether oxygens (including phenoxy) is 2. The number of hydrogen-bond donors (Lipinski definition) is 2. The van der Waals surface area contributed by atoms with Crippen molar-refractivity contribution >= 4 is 11.6 Å². The second-order valence-electron chi connectivity index (χ2n) is 5.99. The topological polar surface area (TPSA) is 117 Å². The summed E-state index contributed by atoms with van der Waals surface area (Å²) in [6.45, 7) is 3.08. The third-order valence-electron chi connectivity index (χ3n) is 4.38. The number of amides is 1. The van der Waals surface area contributed by atoms with Gasteiger partial charge in [-0.2, -0.15) is 4.68 Å². The molecule has 1 aromatic carbocycles. The lowest BCUT2D eigenvalue weighted by molar-refractivity contribution is -0.119. The summed E-state index contributed by atoms with van der Waals surface area (Å²) in [4.78, 5) is 12.5. The van der Waals surface area contributed by atoms with Gasteiger partial charge >= 0.3 is 0 Å². The Hall–Kier alpha value is -2.52. The van der Waals surface area contributed by atoms with Crippen LogP contribution in [0.15, 0.2) is 18.2 Å². The normalized spacial score (nSPS) is 16.4. The molecular weight excluding hydrogens is 324 g/mol. The molecule has 1 aromatic heterocycles. The van der Waals surface area contributed by atoms with E-state index in [1.54, 1.807) is 36.9 Å². The molecule has 0 spiro atoms. The zero-order valence-corrected chi connectivity index (χ0v) is 14.3. The lowest BCUT2D eigenvalue weighted by Gasteiger charge is -2.26. The lowest BCUT2D eigenvalue weighted by atomic mass is 9.92. The Morgan fingerprint density at radius 3 is 2.84 bits per heavy atom. The molecule has 1 atom stereocenters. The predicted octanol–water partition coefficient (Wildman–Crippen LogP) is 0.672. The number of aromatic nitrogens is 4. The van der Waals surface area contributed by atoms with E-state index in [4.69, 9.17) is 15.2 Å². The first-order chi connectivity index (χ1) is 12.1. The molecule has 0 aliphatic carbocycles. The van der Waals surface area contributed by atoms with E-state index in [-0.39, 0.29) is 11.8 Å². The Balaban J connectivity index is 1.78. The summed E-state index contributed by atoms with van der Waals surface area (Å²) < 4.78 is 12.2. The highest BCUT2D eigenvalue weighted by molar-refractivity contribution is 5.95. The van der Waals surface area contributed by atoms with Gasteiger partial charge < -0.3 is 20.5 Å². The molecule has 2 aromatic rings. The van der Waals surface area contributed by atoms with Gasteiger partial charge in [-0.05, 0) is 54.3 Å². The summed E-state index contributed by atoms with van der Waals surface area (Å²) in [7, 11) is 1.57. The number of carbonyl (C=O) groups is 1. The van der Waals surface area contributed by atoms with Crippen LogP contribution in [0.3, 0.4) is 0 Å². The average Bonchev–Trinajstić information content (AvgIpc) is 3.07. The second kappa shape index (κ2) is 7.58. The Bertz CT molecular complexity index is 741. The minimum absolute atomic E-state index is 0.133. The van der Waals surface area contributed by atoms with Crippen LogP contribution in [0.25, 0.3) is 5.69 Å². The van der Waals surface area contributed by atoms with Crippen LogP contribution in [-0.2, 0) is 9.53 Å². The van der Waals surface area contributed by atoms with Crippen LogP contribution >= 0.6 is 0 Å². The highest BCUT2D eigenvalue weighted by Gasteiger charge is 2.26. The van der Waals surface area contributed by atoms with Crippen molar-refractivity contribution in [2.75, 3.05) is 25.6 Å². The van der Waals surface area contributed by atoms with Gasteiger partial charge in [0.05, 0.1) is 13.2 Å². The first-order valence-corrected chi connectivity index (χ1v) is 8.17. The number of rotatable bonds is 5. The minimum atomic E-state index is -0.566. The zero-order chi connectivity index (χ0) is 17.8. The van der Waals surface area contributed by atoms with Crippen molar-refractivity contribution in [3.8, 4) is 11.4 Å². The number of anilines is 1. The fourth-order valence-electron chi connectivity index (χ4n) is 2.90. The van der Waals surface area contributed by atoms with Gasteiger partial charge in [0, 0.05) is 18.9 Å². The summed E-state index contributed by atoms with van der Waals surface area (Å²) >= 11 is 0. The molecule has 1 unspecified atom stereocenters. The largest absolute Gasteiger partial charge is 0.494 e. The number of nitrogens with two attached hydrogens (primary N) is 1. The second-order valence-corrected chi connectivity index (χ2v) is 5.99. The van der Waals surface area contributed by atoms with Crippen LogP contribution in [0.5, 0.6) is 5.75 Å². The predicted molar refractivity (Wildman–Crippen MR) is 90.6 cm³/mol. The number of benzene rings is 1. The highest BCUT2D eigenvalue weighted by atomic mass is 16.5. The molecule has 3 N–H and O–H groups in total. The van der Waals surface area contributed by atoms with Gasteiger partial charge in [0.15, 0.2) is 5.82 Å². The summed E-state index contributed by atoms with van der Waals surface area (Å²) in [6, 6.07) is 4.71. The van der Waals surface area contributed by atoms with Crippen LogP contribution in [-0.4, -0.2) is 52.5 Å². The lowest BCUT2D eigenvalue weighted by Crippen LogP contribution is -2.44. The van der Waals surface area contributed by atoms with Crippen LogP contribution in [0.1, 0.15) is 18.7 Å². The molecular formula is C16H22N6O3. The van der Waals surface area contributed by atoms with Crippen molar-refractivity contribution in [2.45, 2.75) is 25.8 Å². The molecule has 1 saturated heterocycles. The molecule has 1 amide bonds. The monoisotopic (exact) mass is 346 g/mol. The van der Waals surface area contributed by atoms with Crippen LogP contribution in [0, 0.1) is 12.8 Å². The molecule has 0 saturated carbocycles. The third kappa shape index (κ3) is 3.77. The molecule has 0 radical (unpaired) electrons. The number of hydrogen-bond acceptors (Lipinski definition) is 7. The van der Waals surface area contributed by atoms with Gasteiger partial charge in [0.1, 0.15) is 11.4 Å². The summed E-state index contributed by atoms with van der Waals surface area (Å²) in [5, 5.41) is 14.3. The van der Waals surface area contributed by atoms with E-state index in [1.807, 2.05) is 0 Å². The van der Waals surface area contributed by atoms with E-state index in [0.29, 0.717) is 36.2 Å². The minimum Gasteiger partial charge on any atom is -0.494 e. The zero-order valence-electron chi connectivity index (χ0n) is 14.3. The number of tetrazole rings is 1. The first-order valence-electron chi connectivity index (χ1n) is 8.17. The maximum absolute atomic E-state index is 12.5. The molecule has 9 heteroatoms. The van der Waals surface area contributed by atoms with Gasteiger partial charge in [-0.15, -0.1) is 5.10 Å². The molecule has 9 nitrogen and oxygen atoms in total. The fourth-order valence-corrected chi connectivity index (χ4v) is 2.90. The molecule has 1 aliphatic heterocycles. The van der Waals surface area contributed by atoms with Crippen LogP contribution in [0.4, 0.5) is 5.69 Å². The van der Waals surface area contributed by atoms with Gasteiger partial charge in [-0.25, -0.2) is 0 Å². The Labute approximate surface area is 145 Å².